The van der Waals surface area contributed by atoms with Crippen LogP contribution in [-0.4, -0.2) is 28.4 Å². The highest BCUT2D eigenvalue weighted by Gasteiger charge is 2.16. The fraction of sp³-hybridized carbons (Fsp3) is 0.417. The Morgan fingerprint density at radius 2 is 2.53 bits per heavy atom. The number of rotatable bonds is 3. The fourth-order valence-electron chi connectivity index (χ4n) is 1.70. The normalized spacial score (nSPS) is 18.6. The largest absolute Gasteiger partial charge is 0.350 e. The molecule has 0 saturated carbocycles. The summed E-state index contributed by atoms with van der Waals surface area (Å²) in [5.74, 6) is 1.03. The first-order chi connectivity index (χ1) is 8.29. The van der Waals surface area contributed by atoms with Crippen LogP contribution in [0.25, 0.3) is 0 Å². The summed E-state index contributed by atoms with van der Waals surface area (Å²) in [6.07, 6.45) is 3.82. The molecule has 5 heteroatoms. The molecular formula is C12H13N3OS. The second-order valence-corrected chi connectivity index (χ2v) is 5.30. The second-order valence-electron chi connectivity index (χ2n) is 3.89. The van der Waals surface area contributed by atoms with Crippen LogP contribution in [0.1, 0.15) is 28.9 Å². The number of aromatic nitrogens is 1. The molecule has 17 heavy (non-hydrogen) atoms. The van der Waals surface area contributed by atoms with Crippen LogP contribution >= 0.6 is 11.8 Å². The summed E-state index contributed by atoms with van der Waals surface area (Å²) in [5, 5.41) is 12.0. The average molecular weight is 247 g/mol. The predicted molar refractivity (Wildman–Crippen MR) is 66.8 cm³/mol. The quantitative estimate of drug-likeness (QED) is 0.880. The lowest BCUT2D eigenvalue weighted by molar-refractivity contribution is 0.0948. The van der Waals surface area contributed by atoms with Crippen molar-refractivity contribution in [3.05, 3.63) is 29.6 Å². The van der Waals surface area contributed by atoms with Gasteiger partial charge in [-0.15, -0.1) is 0 Å². The Morgan fingerprint density at radius 1 is 1.65 bits per heavy atom. The standard InChI is InChI=1S/C12H13N3OS/c13-6-9-3-4-11(14-7-9)12(16)15-8-10-2-1-5-17-10/h3-4,7,10H,1-2,5,8H2,(H,15,16). The van der Waals surface area contributed by atoms with Crippen LogP contribution in [0.4, 0.5) is 0 Å². The summed E-state index contributed by atoms with van der Waals surface area (Å²) in [5.41, 5.74) is 0.833. The molecule has 0 aromatic carbocycles. The average Bonchev–Trinajstić information content (AvgIpc) is 2.89. The molecule has 1 fully saturated rings. The number of carbonyl (C=O) groups is 1. The molecule has 1 aliphatic rings. The minimum atomic E-state index is -0.165. The molecule has 2 rings (SSSR count). The summed E-state index contributed by atoms with van der Waals surface area (Å²) < 4.78 is 0. The molecule has 0 spiro atoms. The van der Waals surface area contributed by atoms with Gasteiger partial charge in [0.1, 0.15) is 11.8 Å². The Labute approximate surface area is 104 Å². The van der Waals surface area contributed by atoms with Gasteiger partial charge in [-0.05, 0) is 30.7 Å². The van der Waals surface area contributed by atoms with E-state index in [2.05, 4.69) is 10.3 Å². The number of nitrogens with one attached hydrogen (secondary N) is 1. The van der Waals surface area contributed by atoms with Gasteiger partial charge in [0.25, 0.3) is 5.91 Å². The maximum atomic E-state index is 11.7. The monoisotopic (exact) mass is 247 g/mol. The van der Waals surface area contributed by atoms with Gasteiger partial charge in [0, 0.05) is 18.0 Å². The Hall–Kier alpha value is -1.54. The van der Waals surface area contributed by atoms with E-state index in [9.17, 15) is 4.79 Å². The lowest BCUT2D eigenvalue weighted by Crippen LogP contribution is -2.30. The van der Waals surface area contributed by atoms with Gasteiger partial charge in [0.2, 0.25) is 0 Å². The van der Waals surface area contributed by atoms with Gasteiger partial charge in [0.15, 0.2) is 0 Å². The van der Waals surface area contributed by atoms with Crippen molar-refractivity contribution in [3.8, 4) is 6.07 Å². The molecule has 0 radical (unpaired) electrons. The first-order valence-electron chi connectivity index (χ1n) is 5.55. The summed E-state index contributed by atoms with van der Waals surface area (Å²) in [6.45, 7) is 0.700. The van der Waals surface area contributed by atoms with Crippen LogP contribution in [0.5, 0.6) is 0 Å². The van der Waals surface area contributed by atoms with E-state index >= 15 is 0 Å². The van der Waals surface area contributed by atoms with Gasteiger partial charge in [-0.3, -0.25) is 4.79 Å². The van der Waals surface area contributed by atoms with Crippen molar-refractivity contribution in [2.24, 2.45) is 0 Å². The number of nitriles is 1. The molecule has 88 valence electrons. The Balaban J connectivity index is 1.88. The van der Waals surface area contributed by atoms with Crippen LogP contribution < -0.4 is 5.32 Å². The van der Waals surface area contributed by atoms with Crippen molar-refractivity contribution in [2.45, 2.75) is 18.1 Å². The Morgan fingerprint density at radius 3 is 3.12 bits per heavy atom. The Kier molecular flexibility index (Phi) is 3.99. The zero-order valence-electron chi connectivity index (χ0n) is 9.35. The molecule has 1 aromatic rings. The number of carbonyl (C=O) groups excluding carboxylic acids is 1. The number of thioether (sulfide) groups is 1. The van der Waals surface area contributed by atoms with Crippen LogP contribution in [0.15, 0.2) is 18.3 Å². The van der Waals surface area contributed by atoms with E-state index in [1.807, 2.05) is 17.8 Å². The lowest BCUT2D eigenvalue weighted by Gasteiger charge is -2.09. The molecule has 1 saturated heterocycles. The SMILES string of the molecule is N#Cc1ccc(C(=O)NCC2CCCS2)nc1. The number of hydrogen-bond acceptors (Lipinski definition) is 4. The minimum absolute atomic E-state index is 0.165. The van der Waals surface area contributed by atoms with Crippen LogP contribution in [0.2, 0.25) is 0 Å². The molecule has 0 bridgehead atoms. The van der Waals surface area contributed by atoms with Gasteiger partial charge in [-0.25, -0.2) is 4.98 Å². The van der Waals surface area contributed by atoms with Crippen molar-refractivity contribution >= 4 is 17.7 Å². The Bertz CT molecular complexity index is 432. The molecule has 1 unspecified atom stereocenters. The van der Waals surface area contributed by atoms with Crippen LogP contribution in [0.3, 0.4) is 0 Å². The van der Waals surface area contributed by atoms with E-state index < -0.39 is 0 Å². The number of amides is 1. The van der Waals surface area contributed by atoms with E-state index in [0.717, 1.165) is 0 Å². The highest BCUT2D eigenvalue weighted by molar-refractivity contribution is 8.00. The number of pyridine rings is 1. The molecular weight excluding hydrogens is 234 g/mol. The molecule has 0 aliphatic carbocycles. The number of hydrogen-bond donors (Lipinski definition) is 1. The van der Waals surface area contributed by atoms with Crippen molar-refractivity contribution in [1.82, 2.24) is 10.3 Å². The molecule has 1 aliphatic heterocycles. The smallest absolute Gasteiger partial charge is 0.269 e. The van der Waals surface area contributed by atoms with Crippen LogP contribution in [0, 0.1) is 11.3 Å². The third kappa shape index (κ3) is 3.21. The lowest BCUT2D eigenvalue weighted by atomic mass is 10.2. The van der Waals surface area contributed by atoms with E-state index in [4.69, 9.17) is 5.26 Å². The molecule has 1 aromatic heterocycles. The molecule has 1 atom stereocenters. The molecule has 1 N–H and O–H groups in total. The van der Waals surface area contributed by atoms with E-state index in [1.165, 1.54) is 24.8 Å². The molecule has 4 nitrogen and oxygen atoms in total. The van der Waals surface area contributed by atoms with E-state index in [0.29, 0.717) is 23.1 Å². The van der Waals surface area contributed by atoms with E-state index in [-0.39, 0.29) is 5.91 Å². The van der Waals surface area contributed by atoms with E-state index in [1.54, 1.807) is 12.1 Å². The fourth-order valence-corrected chi connectivity index (χ4v) is 2.90. The van der Waals surface area contributed by atoms with Gasteiger partial charge < -0.3 is 5.32 Å². The van der Waals surface area contributed by atoms with Crippen molar-refractivity contribution in [2.75, 3.05) is 12.3 Å². The highest BCUT2D eigenvalue weighted by atomic mass is 32.2. The summed E-state index contributed by atoms with van der Waals surface area (Å²) in [4.78, 5) is 15.7. The summed E-state index contributed by atoms with van der Waals surface area (Å²) in [6, 6.07) is 5.15. The van der Waals surface area contributed by atoms with Gasteiger partial charge in [0.05, 0.1) is 5.56 Å². The van der Waals surface area contributed by atoms with Gasteiger partial charge in [-0.2, -0.15) is 17.0 Å². The zero-order valence-corrected chi connectivity index (χ0v) is 10.2. The van der Waals surface area contributed by atoms with Crippen LogP contribution in [-0.2, 0) is 0 Å². The third-order valence-electron chi connectivity index (χ3n) is 2.64. The predicted octanol–water partition coefficient (Wildman–Crippen LogP) is 1.58. The second kappa shape index (κ2) is 5.69. The van der Waals surface area contributed by atoms with Crippen molar-refractivity contribution in [1.29, 1.82) is 5.26 Å². The first-order valence-corrected chi connectivity index (χ1v) is 6.60. The topological polar surface area (TPSA) is 65.8 Å². The van der Waals surface area contributed by atoms with Crippen molar-refractivity contribution in [3.63, 3.8) is 0 Å². The maximum Gasteiger partial charge on any atom is 0.269 e. The van der Waals surface area contributed by atoms with Gasteiger partial charge >= 0.3 is 0 Å². The molecule has 2 heterocycles. The van der Waals surface area contributed by atoms with Crippen molar-refractivity contribution < 1.29 is 4.79 Å². The maximum absolute atomic E-state index is 11.7. The summed E-state index contributed by atoms with van der Waals surface area (Å²) in [7, 11) is 0. The summed E-state index contributed by atoms with van der Waals surface area (Å²) >= 11 is 1.91. The third-order valence-corrected chi connectivity index (χ3v) is 4.04. The highest BCUT2D eigenvalue weighted by Crippen LogP contribution is 2.25. The molecule has 1 amide bonds. The van der Waals surface area contributed by atoms with Gasteiger partial charge in [-0.1, -0.05) is 0 Å². The zero-order chi connectivity index (χ0) is 12.1. The number of nitrogens with zero attached hydrogens (tertiary/aromatic N) is 2. The first kappa shape index (κ1) is 11.9. The minimum Gasteiger partial charge on any atom is -0.350 e.